The first-order valence-electron chi connectivity index (χ1n) is 6.01. The normalized spacial score (nSPS) is 20.1. The smallest absolute Gasteiger partial charge is 0.234 e. The van der Waals surface area contributed by atoms with Crippen LogP contribution in [-0.2, 0) is 5.54 Å². The minimum absolute atomic E-state index is 0.306. The lowest BCUT2D eigenvalue weighted by Crippen LogP contribution is -2.35. The first kappa shape index (κ1) is 11.1. The van der Waals surface area contributed by atoms with E-state index in [9.17, 15) is 0 Å². The molecular formula is C11H17N5S. The maximum Gasteiger partial charge on any atom is 0.234 e. The summed E-state index contributed by atoms with van der Waals surface area (Å²) in [5.41, 5.74) is 6.07. The number of nitrogens with zero attached hydrogens (tertiary/aromatic N) is 4. The molecule has 0 aromatic carbocycles. The lowest BCUT2D eigenvalue weighted by atomic mass is 9.99. The summed E-state index contributed by atoms with van der Waals surface area (Å²) in [6.07, 6.45) is 2.42. The number of aromatic nitrogens is 4. The maximum absolute atomic E-state index is 6.38. The van der Waals surface area contributed by atoms with Gasteiger partial charge in [0, 0.05) is 5.92 Å². The number of hydrogen-bond acceptors (Lipinski definition) is 5. The van der Waals surface area contributed by atoms with E-state index < -0.39 is 0 Å². The molecule has 0 bridgehead atoms. The Morgan fingerprint density at radius 3 is 2.71 bits per heavy atom. The topological polar surface area (TPSA) is 69.1 Å². The van der Waals surface area contributed by atoms with Crippen molar-refractivity contribution < 1.29 is 0 Å². The second-order valence-corrected chi connectivity index (χ2v) is 6.33. The maximum atomic E-state index is 6.38. The average Bonchev–Trinajstić information content (AvgIpc) is 2.89. The Labute approximate surface area is 104 Å². The fourth-order valence-corrected chi connectivity index (χ4v) is 3.05. The zero-order valence-corrected chi connectivity index (χ0v) is 11.2. The van der Waals surface area contributed by atoms with Crippen molar-refractivity contribution in [2.45, 2.75) is 45.1 Å². The van der Waals surface area contributed by atoms with Crippen LogP contribution in [0.1, 0.15) is 50.4 Å². The summed E-state index contributed by atoms with van der Waals surface area (Å²) >= 11 is 1.56. The van der Waals surface area contributed by atoms with E-state index in [1.54, 1.807) is 11.3 Å². The molecule has 1 saturated carbocycles. The Morgan fingerprint density at radius 1 is 1.41 bits per heavy atom. The standard InChI is InChI=1S/C11H17N5S/c1-6(2)8-13-14-10-16(8)15-9(17-10)11(3,12)7-4-5-7/h6-7H,4-5,12H2,1-3H3. The summed E-state index contributed by atoms with van der Waals surface area (Å²) in [7, 11) is 0. The van der Waals surface area contributed by atoms with Crippen LogP contribution in [0.2, 0.25) is 0 Å². The monoisotopic (exact) mass is 251 g/mol. The van der Waals surface area contributed by atoms with Crippen molar-refractivity contribution in [3.05, 3.63) is 10.8 Å². The van der Waals surface area contributed by atoms with Crippen LogP contribution in [0.5, 0.6) is 0 Å². The molecule has 0 amide bonds. The van der Waals surface area contributed by atoms with Gasteiger partial charge in [0.05, 0.1) is 5.54 Å². The number of nitrogens with two attached hydrogens (primary N) is 1. The first-order chi connectivity index (χ1) is 8.00. The molecule has 1 aliphatic rings. The van der Waals surface area contributed by atoms with Crippen molar-refractivity contribution in [3.63, 3.8) is 0 Å². The molecule has 17 heavy (non-hydrogen) atoms. The Balaban J connectivity index is 2.07. The molecule has 1 fully saturated rings. The molecule has 6 heteroatoms. The summed E-state index contributed by atoms with van der Waals surface area (Å²) in [6, 6.07) is 0. The first-order valence-corrected chi connectivity index (χ1v) is 6.83. The minimum atomic E-state index is -0.306. The summed E-state index contributed by atoms with van der Waals surface area (Å²) in [5, 5.41) is 13.9. The van der Waals surface area contributed by atoms with E-state index in [1.807, 2.05) is 4.52 Å². The minimum Gasteiger partial charge on any atom is -0.319 e. The van der Waals surface area contributed by atoms with Crippen molar-refractivity contribution in [1.82, 2.24) is 19.8 Å². The molecule has 2 heterocycles. The molecule has 1 aliphatic carbocycles. The third kappa shape index (κ3) is 1.66. The lowest BCUT2D eigenvalue weighted by molar-refractivity contribution is 0.419. The molecular weight excluding hydrogens is 234 g/mol. The second-order valence-electron chi connectivity index (χ2n) is 5.37. The zero-order valence-electron chi connectivity index (χ0n) is 10.3. The molecule has 0 aliphatic heterocycles. The van der Waals surface area contributed by atoms with Crippen molar-refractivity contribution >= 4 is 16.3 Å². The highest BCUT2D eigenvalue weighted by atomic mass is 32.1. The van der Waals surface area contributed by atoms with E-state index in [2.05, 4.69) is 36.1 Å². The van der Waals surface area contributed by atoms with Gasteiger partial charge in [0.2, 0.25) is 4.96 Å². The molecule has 0 saturated heterocycles. The third-order valence-electron chi connectivity index (χ3n) is 3.42. The summed E-state index contributed by atoms with van der Waals surface area (Å²) in [6.45, 7) is 6.27. The van der Waals surface area contributed by atoms with Gasteiger partial charge in [0.15, 0.2) is 5.82 Å². The molecule has 92 valence electrons. The van der Waals surface area contributed by atoms with Crippen LogP contribution in [0.15, 0.2) is 0 Å². The van der Waals surface area contributed by atoms with Gasteiger partial charge in [-0.3, -0.25) is 0 Å². The predicted octanol–water partition coefficient (Wildman–Crippen LogP) is 1.89. The Morgan fingerprint density at radius 2 is 2.12 bits per heavy atom. The molecule has 2 aromatic heterocycles. The Hall–Kier alpha value is -1.01. The molecule has 5 nitrogen and oxygen atoms in total. The van der Waals surface area contributed by atoms with Crippen LogP contribution in [0, 0.1) is 5.92 Å². The fraction of sp³-hybridized carbons (Fsp3) is 0.727. The third-order valence-corrected chi connectivity index (χ3v) is 4.57. The molecule has 3 rings (SSSR count). The molecule has 1 atom stereocenters. The highest BCUT2D eigenvalue weighted by molar-refractivity contribution is 7.16. The van der Waals surface area contributed by atoms with E-state index >= 15 is 0 Å². The largest absolute Gasteiger partial charge is 0.319 e. The van der Waals surface area contributed by atoms with Crippen LogP contribution >= 0.6 is 11.3 Å². The van der Waals surface area contributed by atoms with E-state index in [1.165, 1.54) is 12.8 Å². The Kier molecular flexibility index (Phi) is 2.28. The van der Waals surface area contributed by atoms with Gasteiger partial charge in [0.1, 0.15) is 5.01 Å². The molecule has 0 radical (unpaired) electrons. The van der Waals surface area contributed by atoms with Gasteiger partial charge in [-0.05, 0) is 25.7 Å². The van der Waals surface area contributed by atoms with Gasteiger partial charge < -0.3 is 5.73 Å². The van der Waals surface area contributed by atoms with E-state index in [-0.39, 0.29) is 5.54 Å². The van der Waals surface area contributed by atoms with Crippen molar-refractivity contribution in [3.8, 4) is 0 Å². The summed E-state index contributed by atoms with van der Waals surface area (Å²) in [4.78, 5) is 0.848. The van der Waals surface area contributed by atoms with Crippen LogP contribution in [0.3, 0.4) is 0 Å². The Bertz CT molecular complexity index is 549. The fourth-order valence-electron chi connectivity index (χ4n) is 2.07. The van der Waals surface area contributed by atoms with Gasteiger partial charge >= 0.3 is 0 Å². The number of rotatable bonds is 3. The van der Waals surface area contributed by atoms with Crippen molar-refractivity contribution in [2.75, 3.05) is 0 Å². The predicted molar refractivity (Wildman–Crippen MR) is 67.0 cm³/mol. The average molecular weight is 251 g/mol. The van der Waals surface area contributed by atoms with Crippen molar-refractivity contribution in [2.24, 2.45) is 11.7 Å². The quantitative estimate of drug-likeness (QED) is 0.904. The molecule has 1 unspecified atom stereocenters. The molecule has 2 N–H and O–H groups in total. The zero-order chi connectivity index (χ0) is 12.2. The highest BCUT2D eigenvalue weighted by Crippen LogP contribution is 2.44. The summed E-state index contributed by atoms with van der Waals surface area (Å²) < 4.78 is 1.85. The van der Waals surface area contributed by atoms with E-state index in [0.717, 1.165) is 15.8 Å². The SMILES string of the molecule is CC(C)c1nnc2sc(C(C)(N)C3CC3)nn12. The van der Waals surface area contributed by atoms with Crippen LogP contribution in [0.4, 0.5) is 0 Å². The summed E-state index contributed by atoms with van der Waals surface area (Å²) in [5.74, 6) is 1.81. The van der Waals surface area contributed by atoms with Gasteiger partial charge in [-0.25, -0.2) is 0 Å². The second kappa shape index (κ2) is 3.49. The number of fused-ring (bicyclic) bond motifs is 1. The van der Waals surface area contributed by atoms with Gasteiger partial charge in [0.25, 0.3) is 0 Å². The van der Waals surface area contributed by atoms with Crippen molar-refractivity contribution in [1.29, 1.82) is 0 Å². The van der Waals surface area contributed by atoms with Crippen LogP contribution in [-0.4, -0.2) is 19.8 Å². The van der Waals surface area contributed by atoms with Crippen LogP contribution < -0.4 is 5.73 Å². The lowest BCUT2D eigenvalue weighted by Gasteiger charge is -2.20. The van der Waals surface area contributed by atoms with Gasteiger partial charge in [-0.1, -0.05) is 25.2 Å². The van der Waals surface area contributed by atoms with Gasteiger partial charge in [-0.15, -0.1) is 10.2 Å². The highest BCUT2D eigenvalue weighted by Gasteiger charge is 2.42. The molecule has 2 aromatic rings. The van der Waals surface area contributed by atoms with E-state index in [4.69, 9.17) is 5.73 Å². The van der Waals surface area contributed by atoms with Gasteiger partial charge in [-0.2, -0.15) is 9.61 Å². The molecule has 0 spiro atoms. The van der Waals surface area contributed by atoms with Crippen LogP contribution in [0.25, 0.3) is 4.96 Å². The number of hydrogen-bond donors (Lipinski definition) is 1. The van der Waals surface area contributed by atoms with E-state index in [0.29, 0.717) is 11.8 Å².